The van der Waals surface area contributed by atoms with Crippen LogP contribution in [0.4, 0.5) is 0 Å². The van der Waals surface area contributed by atoms with Gasteiger partial charge >= 0.3 is 0 Å². The van der Waals surface area contributed by atoms with Crippen LogP contribution in [-0.4, -0.2) is 18.4 Å². The van der Waals surface area contributed by atoms with E-state index in [9.17, 15) is 9.59 Å². The molecule has 138 valence electrons. The number of carbonyl (C=O) groups excluding carboxylic acids is 2. The van der Waals surface area contributed by atoms with Gasteiger partial charge in [0, 0.05) is 16.1 Å². The van der Waals surface area contributed by atoms with E-state index >= 15 is 0 Å². The number of ether oxygens (including phenoxy) is 1. The molecule has 0 spiro atoms. The maximum Gasteiger partial charge on any atom is 0.269 e. The zero-order valence-corrected chi connectivity index (χ0v) is 15.5. The lowest BCUT2D eigenvalue weighted by atomic mass is 10.2. The second kappa shape index (κ2) is 10.5. The highest BCUT2D eigenvalue weighted by Crippen LogP contribution is 2.13. The maximum atomic E-state index is 12.1. The molecule has 0 saturated carbocycles. The number of unbranched alkanes of at least 4 members (excludes halogenated alkanes) is 3. The molecule has 0 aliphatic carbocycles. The number of benzene rings is 2. The second-order valence-electron chi connectivity index (χ2n) is 5.85. The molecule has 0 unspecified atom stereocenters. The van der Waals surface area contributed by atoms with Crippen LogP contribution < -0.4 is 15.6 Å². The lowest BCUT2D eigenvalue weighted by Gasteiger charge is -2.09. The smallest absolute Gasteiger partial charge is 0.269 e. The number of carbonyl (C=O) groups is 2. The molecule has 6 heteroatoms. The van der Waals surface area contributed by atoms with Gasteiger partial charge in [-0.2, -0.15) is 0 Å². The number of hydrazine groups is 1. The van der Waals surface area contributed by atoms with Gasteiger partial charge in [-0.05, 0) is 48.9 Å². The number of amides is 2. The maximum absolute atomic E-state index is 12.1. The fourth-order valence-corrected chi connectivity index (χ4v) is 2.50. The zero-order valence-electron chi connectivity index (χ0n) is 14.8. The Morgan fingerprint density at radius 1 is 0.923 bits per heavy atom. The van der Waals surface area contributed by atoms with Crippen molar-refractivity contribution in [3.8, 4) is 5.75 Å². The SMILES string of the molecule is CCCCCCOc1ccc(C(=O)NNC(=O)c2cccc(Cl)c2)cc1. The van der Waals surface area contributed by atoms with Crippen molar-refractivity contribution in [2.45, 2.75) is 32.6 Å². The van der Waals surface area contributed by atoms with Gasteiger partial charge in [0.1, 0.15) is 5.75 Å². The molecule has 0 aliphatic heterocycles. The number of hydrogen-bond donors (Lipinski definition) is 2. The highest BCUT2D eigenvalue weighted by Gasteiger charge is 2.09. The van der Waals surface area contributed by atoms with Gasteiger partial charge in [-0.15, -0.1) is 0 Å². The minimum atomic E-state index is -0.437. The van der Waals surface area contributed by atoms with Crippen LogP contribution in [0.25, 0.3) is 0 Å². The molecule has 0 saturated heterocycles. The molecule has 0 radical (unpaired) electrons. The number of rotatable bonds is 8. The Morgan fingerprint density at radius 2 is 1.62 bits per heavy atom. The third kappa shape index (κ3) is 6.41. The van der Waals surface area contributed by atoms with Crippen molar-refractivity contribution >= 4 is 23.4 Å². The van der Waals surface area contributed by atoms with Crippen LogP contribution in [0.2, 0.25) is 5.02 Å². The minimum absolute atomic E-state index is 0.365. The fourth-order valence-electron chi connectivity index (χ4n) is 2.31. The van der Waals surface area contributed by atoms with E-state index < -0.39 is 11.8 Å². The first kappa shape index (κ1) is 19.8. The summed E-state index contributed by atoms with van der Waals surface area (Å²) in [5.74, 6) is -0.122. The van der Waals surface area contributed by atoms with Gasteiger partial charge in [-0.25, -0.2) is 0 Å². The number of halogens is 1. The highest BCUT2D eigenvalue weighted by molar-refractivity contribution is 6.30. The first-order valence-corrected chi connectivity index (χ1v) is 9.07. The minimum Gasteiger partial charge on any atom is -0.494 e. The van der Waals surface area contributed by atoms with Crippen molar-refractivity contribution in [2.24, 2.45) is 0 Å². The molecule has 0 aromatic heterocycles. The normalized spacial score (nSPS) is 10.2. The summed E-state index contributed by atoms with van der Waals surface area (Å²) >= 11 is 5.84. The molecule has 0 bridgehead atoms. The van der Waals surface area contributed by atoms with Gasteiger partial charge in [-0.3, -0.25) is 20.4 Å². The van der Waals surface area contributed by atoms with Gasteiger partial charge in [0.2, 0.25) is 0 Å². The summed E-state index contributed by atoms with van der Waals surface area (Å²) in [5, 5.41) is 0.453. The van der Waals surface area contributed by atoms with Crippen molar-refractivity contribution in [1.82, 2.24) is 10.9 Å². The summed E-state index contributed by atoms with van der Waals surface area (Å²) in [6.07, 6.45) is 4.58. The molecule has 0 aliphatic rings. The molecule has 0 heterocycles. The Kier molecular flexibility index (Phi) is 7.96. The lowest BCUT2D eigenvalue weighted by Crippen LogP contribution is -2.41. The van der Waals surface area contributed by atoms with Crippen LogP contribution in [0.5, 0.6) is 5.75 Å². The largest absolute Gasteiger partial charge is 0.494 e. The third-order valence-corrected chi connectivity index (χ3v) is 3.99. The van der Waals surface area contributed by atoms with E-state index in [1.807, 2.05) is 0 Å². The summed E-state index contributed by atoms with van der Waals surface area (Å²) in [6.45, 7) is 2.84. The van der Waals surface area contributed by atoms with Gasteiger partial charge in [0.25, 0.3) is 11.8 Å². The molecule has 2 amide bonds. The topological polar surface area (TPSA) is 67.4 Å². The van der Waals surface area contributed by atoms with Gasteiger partial charge in [0.05, 0.1) is 6.61 Å². The summed E-state index contributed by atoms with van der Waals surface area (Å²) in [5.41, 5.74) is 5.54. The van der Waals surface area contributed by atoms with E-state index in [2.05, 4.69) is 17.8 Å². The summed E-state index contributed by atoms with van der Waals surface area (Å²) in [6, 6.07) is 13.3. The van der Waals surface area contributed by atoms with Gasteiger partial charge in [0.15, 0.2) is 0 Å². The first-order valence-electron chi connectivity index (χ1n) is 8.69. The van der Waals surface area contributed by atoms with E-state index in [0.29, 0.717) is 22.8 Å². The Balaban J connectivity index is 1.79. The monoisotopic (exact) mass is 374 g/mol. The Labute approximate surface area is 158 Å². The Morgan fingerprint density at radius 3 is 2.27 bits per heavy atom. The molecule has 2 aromatic rings. The molecule has 2 rings (SSSR count). The average molecular weight is 375 g/mol. The Bertz CT molecular complexity index is 732. The van der Waals surface area contributed by atoms with Crippen molar-refractivity contribution in [1.29, 1.82) is 0 Å². The molecular weight excluding hydrogens is 352 g/mol. The number of hydrogen-bond acceptors (Lipinski definition) is 3. The van der Waals surface area contributed by atoms with Crippen molar-refractivity contribution in [2.75, 3.05) is 6.61 Å². The van der Waals surface area contributed by atoms with Crippen LogP contribution in [0.3, 0.4) is 0 Å². The molecular formula is C20H23ClN2O3. The quantitative estimate of drug-likeness (QED) is 0.532. The van der Waals surface area contributed by atoms with Gasteiger partial charge < -0.3 is 4.74 Å². The van der Waals surface area contributed by atoms with Crippen LogP contribution in [-0.2, 0) is 0 Å². The highest BCUT2D eigenvalue weighted by atomic mass is 35.5. The van der Waals surface area contributed by atoms with Crippen LogP contribution in [0, 0.1) is 0 Å². The van der Waals surface area contributed by atoms with E-state index in [4.69, 9.17) is 16.3 Å². The Hall–Kier alpha value is -2.53. The molecule has 26 heavy (non-hydrogen) atoms. The van der Waals surface area contributed by atoms with Crippen molar-refractivity contribution in [3.63, 3.8) is 0 Å². The van der Waals surface area contributed by atoms with Crippen LogP contribution >= 0.6 is 11.6 Å². The van der Waals surface area contributed by atoms with Crippen molar-refractivity contribution in [3.05, 3.63) is 64.7 Å². The average Bonchev–Trinajstić information content (AvgIpc) is 2.66. The fraction of sp³-hybridized carbons (Fsp3) is 0.300. The molecule has 0 atom stereocenters. The second-order valence-corrected chi connectivity index (χ2v) is 6.29. The summed E-state index contributed by atoms with van der Waals surface area (Å²) < 4.78 is 5.64. The predicted octanol–water partition coefficient (Wildman–Crippen LogP) is 4.37. The first-order chi connectivity index (χ1) is 12.6. The predicted molar refractivity (Wildman–Crippen MR) is 102 cm³/mol. The van der Waals surface area contributed by atoms with E-state index in [-0.39, 0.29) is 0 Å². The third-order valence-electron chi connectivity index (χ3n) is 3.76. The lowest BCUT2D eigenvalue weighted by molar-refractivity contribution is 0.0846. The van der Waals surface area contributed by atoms with Crippen LogP contribution in [0.1, 0.15) is 53.3 Å². The number of nitrogens with one attached hydrogen (secondary N) is 2. The van der Waals surface area contributed by atoms with E-state index in [1.54, 1.807) is 42.5 Å². The molecule has 2 aromatic carbocycles. The molecule has 0 fully saturated rings. The zero-order chi connectivity index (χ0) is 18.8. The molecule has 5 nitrogen and oxygen atoms in total. The van der Waals surface area contributed by atoms with Gasteiger partial charge in [-0.1, -0.05) is 43.9 Å². The van der Waals surface area contributed by atoms with E-state index in [0.717, 1.165) is 18.6 Å². The molecule has 2 N–H and O–H groups in total. The van der Waals surface area contributed by atoms with E-state index in [1.165, 1.54) is 18.9 Å². The summed E-state index contributed by atoms with van der Waals surface area (Å²) in [4.78, 5) is 24.1. The standard InChI is InChI=1S/C20H23ClN2O3/c1-2-3-4-5-13-26-18-11-9-15(10-12-18)19(24)22-23-20(25)16-7-6-8-17(21)14-16/h6-12,14H,2-5,13H2,1H3,(H,22,24)(H,23,25). The van der Waals surface area contributed by atoms with Crippen molar-refractivity contribution < 1.29 is 14.3 Å². The van der Waals surface area contributed by atoms with Crippen LogP contribution in [0.15, 0.2) is 48.5 Å². The summed E-state index contributed by atoms with van der Waals surface area (Å²) in [7, 11) is 0.